The van der Waals surface area contributed by atoms with Gasteiger partial charge in [-0.1, -0.05) is 13.8 Å². The lowest BCUT2D eigenvalue weighted by Crippen LogP contribution is -2.13. The minimum Gasteiger partial charge on any atom is -0.367 e. The lowest BCUT2D eigenvalue weighted by Gasteiger charge is -2.07. The Morgan fingerprint density at radius 3 is 2.67 bits per heavy atom. The maximum atomic E-state index is 10.8. The average Bonchev–Trinajstić information content (AvgIpc) is 2.74. The number of carbonyl (C=O) groups excluding carboxylic acids is 1. The van der Waals surface area contributed by atoms with Crippen molar-refractivity contribution < 1.29 is 4.79 Å². The van der Waals surface area contributed by atoms with Crippen molar-refractivity contribution in [2.45, 2.75) is 26.3 Å². The van der Waals surface area contributed by atoms with E-state index < -0.39 is 5.91 Å². The van der Waals surface area contributed by atoms with Gasteiger partial charge in [-0.05, 0) is 24.0 Å². The number of nitrogens with one attached hydrogen (secondary N) is 1. The van der Waals surface area contributed by atoms with Gasteiger partial charge in [-0.25, -0.2) is 4.98 Å². The Hall–Kier alpha value is -1.58. The molecule has 0 aliphatic heterocycles. The minimum absolute atomic E-state index is 0.365. The van der Waals surface area contributed by atoms with Crippen LogP contribution in [0.25, 0.3) is 0 Å². The van der Waals surface area contributed by atoms with E-state index >= 15 is 0 Å². The third kappa shape index (κ3) is 2.09. The van der Waals surface area contributed by atoms with Gasteiger partial charge in [-0.2, -0.15) is 0 Å². The Morgan fingerprint density at radius 1 is 1.60 bits per heavy atom. The van der Waals surface area contributed by atoms with Gasteiger partial charge in [0.05, 0.1) is 5.56 Å². The second-order valence-corrected chi connectivity index (χ2v) is 4.69. The highest BCUT2D eigenvalue weighted by molar-refractivity contribution is 5.92. The molecule has 1 saturated carbocycles. The molecule has 15 heavy (non-hydrogen) atoms. The molecule has 0 radical (unpaired) electrons. The Bertz CT molecular complexity index is 383. The van der Waals surface area contributed by atoms with Crippen LogP contribution in [0.5, 0.6) is 0 Å². The first-order valence-corrected chi connectivity index (χ1v) is 5.01. The molecule has 0 spiro atoms. The molecule has 0 bridgehead atoms. The standard InChI is InChI=1S/C11H15N3O/c1-11(2)5-8(11)14-9-4-3-7(6-13-9)10(12)15/h3-4,6,8H,5H2,1-2H3,(H2,12,15)(H,13,14). The lowest BCUT2D eigenvalue weighted by molar-refractivity contribution is 0.1000. The van der Waals surface area contributed by atoms with Crippen molar-refractivity contribution in [1.82, 2.24) is 4.98 Å². The molecule has 3 N–H and O–H groups in total. The number of pyridine rings is 1. The molecule has 1 fully saturated rings. The predicted molar refractivity (Wildman–Crippen MR) is 58.6 cm³/mol. The molecule has 1 atom stereocenters. The van der Waals surface area contributed by atoms with Gasteiger partial charge < -0.3 is 11.1 Å². The number of hydrogen-bond donors (Lipinski definition) is 2. The zero-order valence-electron chi connectivity index (χ0n) is 8.95. The number of anilines is 1. The maximum Gasteiger partial charge on any atom is 0.250 e. The van der Waals surface area contributed by atoms with E-state index in [-0.39, 0.29) is 0 Å². The van der Waals surface area contributed by atoms with Crippen LogP contribution in [0.4, 0.5) is 5.82 Å². The summed E-state index contributed by atoms with van der Waals surface area (Å²) in [4.78, 5) is 14.9. The van der Waals surface area contributed by atoms with Crippen LogP contribution < -0.4 is 11.1 Å². The fourth-order valence-electron chi connectivity index (χ4n) is 1.52. The van der Waals surface area contributed by atoms with E-state index in [1.165, 1.54) is 6.20 Å². The SMILES string of the molecule is CC1(C)CC1Nc1ccc(C(N)=O)cn1. The van der Waals surface area contributed by atoms with E-state index in [0.29, 0.717) is 17.0 Å². The zero-order chi connectivity index (χ0) is 11.1. The monoisotopic (exact) mass is 205 g/mol. The largest absolute Gasteiger partial charge is 0.367 e. The summed E-state index contributed by atoms with van der Waals surface area (Å²) in [6, 6.07) is 3.96. The van der Waals surface area contributed by atoms with Gasteiger partial charge in [0.2, 0.25) is 5.91 Å². The van der Waals surface area contributed by atoms with Crippen molar-refractivity contribution in [2.24, 2.45) is 11.1 Å². The van der Waals surface area contributed by atoms with Crippen LogP contribution in [0.1, 0.15) is 30.6 Å². The van der Waals surface area contributed by atoms with Gasteiger partial charge in [-0.3, -0.25) is 4.79 Å². The summed E-state index contributed by atoms with van der Waals surface area (Å²) >= 11 is 0. The first-order chi connectivity index (χ1) is 6.99. The van der Waals surface area contributed by atoms with Crippen LogP contribution in [0.15, 0.2) is 18.3 Å². The summed E-state index contributed by atoms with van der Waals surface area (Å²) in [6.45, 7) is 4.42. The van der Waals surface area contributed by atoms with Gasteiger partial charge in [0.15, 0.2) is 0 Å². The van der Waals surface area contributed by atoms with Crippen molar-refractivity contribution in [3.8, 4) is 0 Å². The molecular formula is C11H15N3O. The number of carbonyl (C=O) groups is 1. The Labute approximate surface area is 88.9 Å². The molecule has 4 nitrogen and oxygen atoms in total. The van der Waals surface area contributed by atoms with Crippen LogP contribution >= 0.6 is 0 Å². The number of aromatic nitrogens is 1. The normalized spacial score (nSPS) is 22.1. The van der Waals surface area contributed by atoms with Gasteiger partial charge >= 0.3 is 0 Å². The molecule has 80 valence electrons. The average molecular weight is 205 g/mol. The molecule has 0 aromatic carbocycles. The van der Waals surface area contributed by atoms with E-state index in [1.807, 2.05) is 0 Å². The fourth-order valence-corrected chi connectivity index (χ4v) is 1.52. The summed E-state index contributed by atoms with van der Waals surface area (Å²) in [6.07, 6.45) is 2.66. The van der Waals surface area contributed by atoms with Gasteiger partial charge in [0.25, 0.3) is 0 Å². The first-order valence-electron chi connectivity index (χ1n) is 5.01. The van der Waals surface area contributed by atoms with Crippen molar-refractivity contribution in [2.75, 3.05) is 5.32 Å². The van der Waals surface area contributed by atoms with Crippen molar-refractivity contribution in [3.63, 3.8) is 0 Å². The maximum absolute atomic E-state index is 10.8. The van der Waals surface area contributed by atoms with Crippen molar-refractivity contribution in [1.29, 1.82) is 0 Å². The van der Waals surface area contributed by atoms with Crippen molar-refractivity contribution in [3.05, 3.63) is 23.9 Å². The molecule has 1 amide bonds. The van der Waals surface area contributed by atoms with Crippen LogP contribution in [-0.4, -0.2) is 16.9 Å². The van der Waals surface area contributed by atoms with E-state index in [2.05, 4.69) is 24.1 Å². The summed E-state index contributed by atoms with van der Waals surface area (Å²) < 4.78 is 0. The molecule has 4 heteroatoms. The Morgan fingerprint density at radius 2 is 2.27 bits per heavy atom. The highest BCUT2D eigenvalue weighted by Crippen LogP contribution is 2.46. The molecular weight excluding hydrogens is 190 g/mol. The summed E-state index contributed by atoms with van der Waals surface area (Å²) in [7, 11) is 0. The highest BCUT2D eigenvalue weighted by Gasteiger charge is 2.45. The van der Waals surface area contributed by atoms with Gasteiger partial charge in [0.1, 0.15) is 5.82 Å². The smallest absolute Gasteiger partial charge is 0.250 e. The van der Waals surface area contributed by atoms with Crippen LogP contribution in [0.2, 0.25) is 0 Å². The predicted octanol–water partition coefficient (Wildman–Crippen LogP) is 1.39. The minimum atomic E-state index is -0.444. The van der Waals surface area contributed by atoms with Crippen LogP contribution in [0, 0.1) is 5.41 Å². The molecule has 1 heterocycles. The second-order valence-electron chi connectivity index (χ2n) is 4.69. The van der Waals surface area contributed by atoms with Crippen molar-refractivity contribution >= 4 is 11.7 Å². The first kappa shape index (κ1) is 9.96. The highest BCUT2D eigenvalue weighted by atomic mass is 16.1. The summed E-state index contributed by atoms with van der Waals surface area (Å²) in [5.41, 5.74) is 5.93. The Balaban J connectivity index is 2.02. The third-order valence-electron chi connectivity index (χ3n) is 2.88. The lowest BCUT2D eigenvalue weighted by atomic mass is 10.2. The molecule has 1 aliphatic carbocycles. The number of amides is 1. The van der Waals surface area contributed by atoms with E-state index in [1.54, 1.807) is 12.1 Å². The van der Waals surface area contributed by atoms with Crippen LogP contribution in [-0.2, 0) is 0 Å². The summed E-state index contributed by atoms with van der Waals surface area (Å²) in [5.74, 6) is 0.358. The number of nitrogens with zero attached hydrogens (tertiary/aromatic N) is 1. The number of nitrogens with two attached hydrogens (primary N) is 1. The fraction of sp³-hybridized carbons (Fsp3) is 0.455. The quantitative estimate of drug-likeness (QED) is 0.783. The number of primary amides is 1. The van der Waals surface area contributed by atoms with E-state index in [9.17, 15) is 4.79 Å². The number of rotatable bonds is 3. The van der Waals surface area contributed by atoms with E-state index in [4.69, 9.17) is 5.73 Å². The zero-order valence-corrected chi connectivity index (χ0v) is 8.95. The molecule has 2 rings (SSSR count). The van der Waals surface area contributed by atoms with E-state index in [0.717, 1.165) is 12.2 Å². The Kier molecular flexibility index (Phi) is 2.14. The second kappa shape index (κ2) is 3.22. The van der Waals surface area contributed by atoms with Gasteiger partial charge in [0, 0.05) is 12.2 Å². The molecule has 1 aromatic heterocycles. The summed E-state index contributed by atoms with van der Waals surface area (Å²) in [5, 5.41) is 3.31. The molecule has 1 unspecified atom stereocenters. The third-order valence-corrected chi connectivity index (χ3v) is 2.88. The topological polar surface area (TPSA) is 68.0 Å². The number of hydrogen-bond acceptors (Lipinski definition) is 3. The molecule has 1 aliphatic rings. The van der Waals surface area contributed by atoms with Gasteiger partial charge in [-0.15, -0.1) is 0 Å². The molecule has 0 saturated heterocycles. The molecule has 1 aromatic rings. The van der Waals surface area contributed by atoms with Crippen LogP contribution in [0.3, 0.4) is 0 Å².